The zero-order valence-electron chi connectivity index (χ0n) is 14.6. The Hall–Kier alpha value is -2.95. The molecule has 5 heteroatoms. The lowest BCUT2D eigenvalue weighted by molar-refractivity contribution is -0.134. The van der Waals surface area contributed by atoms with Crippen molar-refractivity contribution in [2.75, 3.05) is 6.54 Å². The van der Waals surface area contributed by atoms with Gasteiger partial charge in [0.1, 0.15) is 12.2 Å². The molecule has 0 spiro atoms. The van der Waals surface area contributed by atoms with E-state index >= 15 is 0 Å². The van der Waals surface area contributed by atoms with Gasteiger partial charge in [-0.05, 0) is 29.5 Å². The van der Waals surface area contributed by atoms with Crippen LogP contribution in [0.4, 0.5) is 0 Å². The number of rotatable bonds is 5. The summed E-state index contributed by atoms with van der Waals surface area (Å²) in [6.45, 7) is 0.768. The summed E-state index contributed by atoms with van der Waals surface area (Å²) in [6.07, 6.45) is 4.27. The molecular formula is C21H22N4O. The van der Waals surface area contributed by atoms with Crippen LogP contribution in [-0.4, -0.2) is 32.5 Å². The molecule has 0 bridgehead atoms. The van der Waals surface area contributed by atoms with Crippen LogP contribution < -0.4 is 0 Å². The smallest absolute Gasteiger partial charge is 0.223 e. The van der Waals surface area contributed by atoms with Gasteiger partial charge in [-0.2, -0.15) is 5.10 Å². The minimum Gasteiger partial charge on any atom is -0.335 e. The molecule has 1 amide bonds. The van der Waals surface area contributed by atoms with E-state index < -0.39 is 0 Å². The van der Waals surface area contributed by atoms with E-state index in [2.05, 4.69) is 63.7 Å². The topological polar surface area (TPSA) is 61.9 Å². The molecule has 1 aromatic heterocycles. The van der Waals surface area contributed by atoms with Gasteiger partial charge in [0, 0.05) is 19.4 Å². The fourth-order valence-corrected chi connectivity index (χ4v) is 3.73. The summed E-state index contributed by atoms with van der Waals surface area (Å²) < 4.78 is 0. The molecule has 5 nitrogen and oxygen atoms in total. The predicted molar refractivity (Wildman–Crippen MR) is 99.4 cm³/mol. The Labute approximate surface area is 153 Å². The fraction of sp³-hybridized carbons (Fsp3) is 0.286. The number of carbonyl (C=O) groups excluding carboxylic acids is 1. The van der Waals surface area contributed by atoms with Gasteiger partial charge in [0.15, 0.2) is 0 Å². The summed E-state index contributed by atoms with van der Waals surface area (Å²) in [6, 6.07) is 19.0. The monoisotopic (exact) mass is 346 g/mol. The van der Waals surface area contributed by atoms with Gasteiger partial charge in [-0.25, -0.2) is 4.98 Å². The summed E-state index contributed by atoms with van der Waals surface area (Å²) >= 11 is 0. The zero-order chi connectivity index (χ0) is 17.8. The van der Waals surface area contributed by atoms with Crippen molar-refractivity contribution in [2.24, 2.45) is 0 Å². The molecule has 0 saturated heterocycles. The quantitative estimate of drug-likeness (QED) is 0.772. The van der Waals surface area contributed by atoms with Gasteiger partial charge in [-0.3, -0.25) is 9.89 Å². The second-order valence-corrected chi connectivity index (χ2v) is 6.67. The third kappa shape index (κ3) is 3.52. The first-order valence-corrected chi connectivity index (χ1v) is 9.06. The van der Waals surface area contributed by atoms with E-state index in [9.17, 15) is 4.79 Å². The number of nitrogens with one attached hydrogen (secondary N) is 1. The Kier molecular flexibility index (Phi) is 4.78. The van der Waals surface area contributed by atoms with Crippen molar-refractivity contribution in [1.82, 2.24) is 20.1 Å². The Bertz CT molecular complexity index is 861. The number of carbonyl (C=O) groups is 1. The van der Waals surface area contributed by atoms with Gasteiger partial charge in [0.2, 0.25) is 5.91 Å². The highest BCUT2D eigenvalue weighted by molar-refractivity contribution is 5.77. The molecule has 0 fully saturated rings. The maximum Gasteiger partial charge on any atom is 0.223 e. The minimum atomic E-state index is 0.0876. The number of fused-ring (bicyclic) bond motifs is 1. The number of aromatic amines is 1. The number of aromatic nitrogens is 3. The molecule has 4 rings (SSSR count). The molecule has 0 unspecified atom stereocenters. The average molecular weight is 346 g/mol. The standard InChI is InChI=1S/C21H22N4O/c26-21(11-10-20-22-15-23-24-20)25-13-12-17-8-4-5-9-18(17)19(25)14-16-6-2-1-3-7-16/h1-9,15,19H,10-14H2,(H,22,23,24)/t19-/m1/s1. The first-order valence-electron chi connectivity index (χ1n) is 9.06. The highest BCUT2D eigenvalue weighted by Crippen LogP contribution is 2.33. The predicted octanol–water partition coefficient (Wildman–Crippen LogP) is 3.11. The van der Waals surface area contributed by atoms with Crippen molar-refractivity contribution < 1.29 is 4.79 Å². The number of nitrogens with zero attached hydrogens (tertiary/aromatic N) is 3. The molecule has 2 aromatic carbocycles. The van der Waals surface area contributed by atoms with Gasteiger partial charge >= 0.3 is 0 Å². The molecule has 1 aliphatic heterocycles. The molecule has 3 aromatic rings. The van der Waals surface area contributed by atoms with Gasteiger partial charge in [-0.15, -0.1) is 0 Å². The van der Waals surface area contributed by atoms with E-state index in [4.69, 9.17) is 0 Å². The molecule has 0 saturated carbocycles. The van der Waals surface area contributed by atoms with Crippen molar-refractivity contribution in [3.8, 4) is 0 Å². The molecular weight excluding hydrogens is 324 g/mol. The Morgan fingerprint density at radius 2 is 1.92 bits per heavy atom. The molecule has 0 aliphatic carbocycles. The van der Waals surface area contributed by atoms with Crippen LogP contribution in [0, 0.1) is 0 Å². The van der Waals surface area contributed by atoms with Crippen molar-refractivity contribution in [3.63, 3.8) is 0 Å². The Balaban J connectivity index is 1.56. The van der Waals surface area contributed by atoms with Crippen LogP contribution in [0.15, 0.2) is 60.9 Å². The highest BCUT2D eigenvalue weighted by atomic mass is 16.2. The first kappa shape index (κ1) is 16.5. The lowest BCUT2D eigenvalue weighted by Crippen LogP contribution is -2.41. The molecule has 1 atom stereocenters. The van der Waals surface area contributed by atoms with Gasteiger partial charge in [-0.1, -0.05) is 54.6 Å². The normalized spacial score (nSPS) is 16.3. The van der Waals surface area contributed by atoms with Crippen LogP contribution in [-0.2, 0) is 24.1 Å². The number of hydrogen-bond acceptors (Lipinski definition) is 3. The molecule has 2 heterocycles. The summed E-state index contributed by atoms with van der Waals surface area (Å²) in [4.78, 5) is 19.1. The van der Waals surface area contributed by atoms with Crippen LogP contribution in [0.1, 0.15) is 35.0 Å². The number of H-pyrrole nitrogens is 1. The second kappa shape index (κ2) is 7.52. The number of aryl methyl sites for hydroxylation is 1. The Morgan fingerprint density at radius 1 is 1.12 bits per heavy atom. The highest BCUT2D eigenvalue weighted by Gasteiger charge is 2.30. The van der Waals surface area contributed by atoms with Crippen LogP contribution in [0.2, 0.25) is 0 Å². The minimum absolute atomic E-state index is 0.0876. The molecule has 132 valence electrons. The van der Waals surface area contributed by atoms with Crippen LogP contribution >= 0.6 is 0 Å². The van der Waals surface area contributed by atoms with Crippen molar-refractivity contribution in [3.05, 3.63) is 83.4 Å². The van der Waals surface area contributed by atoms with E-state index in [1.165, 1.54) is 23.0 Å². The lowest BCUT2D eigenvalue weighted by atomic mass is 9.88. The van der Waals surface area contributed by atoms with Crippen molar-refractivity contribution in [1.29, 1.82) is 0 Å². The summed E-state index contributed by atoms with van der Waals surface area (Å²) in [5, 5.41) is 6.68. The van der Waals surface area contributed by atoms with Gasteiger partial charge < -0.3 is 4.90 Å². The van der Waals surface area contributed by atoms with Gasteiger partial charge in [0.25, 0.3) is 0 Å². The van der Waals surface area contributed by atoms with E-state index in [-0.39, 0.29) is 11.9 Å². The number of benzene rings is 2. The van der Waals surface area contributed by atoms with E-state index in [1.54, 1.807) is 0 Å². The van der Waals surface area contributed by atoms with E-state index in [0.29, 0.717) is 12.8 Å². The number of hydrogen-bond donors (Lipinski definition) is 1. The van der Waals surface area contributed by atoms with E-state index in [0.717, 1.165) is 25.2 Å². The van der Waals surface area contributed by atoms with E-state index in [1.807, 2.05) is 11.0 Å². The Morgan fingerprint density at radius 3 is 2.73 bits per heavy atom. The summed E-state index contributed by atoms with van der Waals surface area (Å²) in [7, 11) is 0. The molecule has 26 heavy (non-hydrogen) atoms. The first-order chi connectivity index (χ1) is 12.8. The van der Waals surface area contributed by atoms with Crippen molar-refractivity contribution in [2.45, 2.75) is 31.7 Å². The zero-order valence-corrected chi connectivity index (χ0v) is 14.6. The largest absolute Gasteiger partial charge is 0.335 e. The summed E-state index contributed by atoms with van der Waals surface area (Å²) in [5.74, 6) is 0.937. The second-order valence-electron chi connectivity index (χ2n) is 6.67. The number of amides is 1. The van der Waals surface area contributed by atoms with Crippen LogP contribution in [0.25, 0.3) is 0 Å². The lowest BCUT2D eigenvalue weighted by Gasteiger charge is -2.37. The van der Waals surface area contributed by atoms with Crippen molar-refractivity contribution >= 4 is 5.91 Å². The third-order valence-electron chi connectivity index (χ3n) is 5.05. The summed E-state index contributed by atoms with van der Waals surface area (Å²) in [5.41, 5.74) is 3.88. The molecule has 1 N–H and O–H groups in total. The maximum absolute atomic E-state index is 13.0. The SMILES string of the molecule is O=C(CCc1ncn[nH]1)N1CCc2ccccc2[C@H]1Cc1ccccc1. The van der Waals surface area contributed by atoms with Gasteiger partial charge in [0.05, 0.1) is 6.04 Å². The maximum atomic E-state index is 13.0. The van der Waals surface area contributed by atoms with Crippen LogP contribution in [0.3, 0.4) is 0 Å². The fourth-order valence-electron chi connectivity index (χ4n) is 3.73. The molecule has 0 radical (unpaired) electrons. The molecule has 1 aliphatic rings. The average Bonchev–Trinajstić information content (AvgIpc) is 3.21. The van der Waals surface area contributed by atoms with Crippen LogP contribution in [0.5, 0.6) is 0 Å². The third-order valence-corrected chi connectivity index (χ3v) is 5.05.